The lowest BCUT2D eigenvalue weighted by Gasteiger charge is -2.50. The Morgan fingerprint density at radius 3 is 2.25 bits per heavy atom. The number of aromatic hydroxyl groups is 1. The van der Waals surface area contributed by atoms with E-state index in [2.05, 4.69) is 0 Å². The van der Waals surface area contributed by atoms with Crippen molar-refractivity contribution in [3.8, 4) is 5.75 Å². The van der Waals surface area contributed by atoms with Gasteiger partial charge in [0.2, 0.25) is 11.8 Å². The number of fused-ring (bicyclic) bond motifs is 4. The third kappa shape index (κ3) is 2.93. The highest BCUT2D eigenvalue weighted by molar-refractivity contribution is 6.53. The van der Waals surface area contributed by atoms with Gasteiger partial charge in [-0.2, -0.15) is 0 Å². The number of halogens is 2. The zero-order valence-electron chi connectivity index (χ0n) is 20.0. The minimum absolute atomic E-state index is 0.00603. The lowest BCUT2D eigenvalue weighted by atomic mass is 9.56. The molecule has 1 N–H and O–H groups in total. The summed E-state index contributed by atoms with van der Waals surface area (Å²) in [7, 11) is 1.38. The van der Waals surface area contributed by atoms with Crippen LogP contribution in [0.3, 0.4) is 0 Å². The van der Waals surface area contributed by atoms with Crippen molar-refractivity contribution in [2.75, 3.05) is 7.05 Å². The first kappa shape index (κ1) is 24.0. The minimum Gasteiger partial charge on any atom is -0.508 e. The predicted molar refractivity (Wildman–Crippen MR) is 132 cm³/mol. The molecule has 4 fully saturated rings. The third-order valence-electron chi connectivity index (χ3n) is 9.21. The van der Waals surface area contributed by atoms with Crippen molar-refractivity contribution in [1.82, 2.24) is 9.80 Å². The van der Waals surface area contributed by atoms with Crippen molar-refractivity contribution in [3.05, 3.63) is 41.5 Å². The Bertz CT molecular complexity index is 1210. The number of amides is 4. The zero-order valence-corrected chi connectivity index (χ0v) is 21.5. The van der Waals surface area contributed by atoms with Gasteiger partial charge in [0.25, 0.3) is 11.8 Å². The van der Waals surface area contributed by atoms with E-state index in [1.54, 1.807) is 12.1 Å². The molecular weight excluding hydrogens is 503 g/mol. The quantitative estimate of drug-likeness (QED) is 0.357. The van der Waals surface area contributed by atoms with Crippen LogP contribution in [0.4, 0.5) is 0 Å². The Kier molecular flexibility index (Phi) is 5.37. The predicted octanol–water partition coefficient (Wildman–Crippen LogP) is 3.71. The number of alkyl halides is 2. The van der Waals surface area contributed by atoms with E-state index in [1.165, 1.54) is 24.1 Å². The van der Waals surface area contributed by atoms with Gasteiger partial charge in [-0.15, -0.1) is 23.2 Å². The summed E-state index contributed by atoms with van der Waals surface area (Å²) in [6.07, 6.45) is 7.06. The molecule has 2 saturated heterocycles. The molecule has 1 aromatic rings. The van der Waals surface area contributed by atoms with Crippen molar-refractivity contribution in [3.63, 3.8) is 0 Å². The maximum absolute atomic E-state index is 13.9. The molecule has 190 valence electrons. The summed E-state index contributed by atoms with van der Waals surface area (Å²) in [6, 6.07) is 6.26. The lowest BCUT2D eigenvalue weighted by Crippen LogP contribution is -2.60. The van der Waals surface area contributed by atoms with E-state index in [4.69, 9.17) is 23.2 Å². The van der Waals surface area contributed by atoms with Crippen LogP contribution in [0.15, 0.2) is 35.9 Å². The monoisotopic (exact) mass is 530 g/mol. The summed E-state index contributed by atoms with van der Waals surface area (Å²) in [6.45, 7) is 0. The largest absolute Gasteiger partial charge is 0.508 e. The fourth-order valence-corrected chi connectivity index (χ4v) is 8.53. The number of rotatable bonds is 2. The standard InChI is InChI=1S/C27H28Cl2N2O5/c1-30-24(35)26(28)13-19-17(21(27(26,29)25(30)36)14-7-9-16(32)10-8-14)11-12-18-20(19)23(34)31(22(18)33)15-5-3-2-4-6-15/h7-11,15,18-21,32H,2-6,12-13H2,1H3/t18-,19+,20-,21-,26+,27-/m0/s1. The van der Waals surface area contributed by atoms with Crippen molar-refractivity contribution in [2.45, 2.75) is 66.7 Å². The van der Waals surface area contributed by atoms with Crippen LogP contribution in [0.1, 0.15) is 56.4 Å². The number of allylic oxidation sites excluding steroid dienone is 2. The number of likely N-dealkylation sites (tertiary alicyclic amines) is 2. The number of carbonyl (C=O) groups is 4. The molecule has 0 radical (unpaired) electrons. The zero-order chi connectivity index (χ0) is 25.6. The van der Waals surface area contributed by atoms with Crippen molar-refractivity contribution in [2.24, 2.45) is 17.8 Å². The van der Waals surface area contributed by atoms with Gasteiger partial charge in [-0.25, -0.2) is 0 Å². The number of hydrogen-bond acceptors (Lipinski definition) is 5. The topological polar surface area (TPSA) is 95.0 Å². The van der Waals surface area contributed by atoms with Crippen LogP contribution in [-0.4, -0.2) is 61.4 Å². The molecule has 5 aliphatic rings. The van der Waals surface area contributed by atoms with E-state index in [0.717, 1.165) is 42.6 Å². The molecule has 36 heavy (non-hydrogen) atoms. The fourth-order valence-electron chi connectivity index (χ4n) is 7.51. The van der Waals surface area contributed by atoms with E-state index in [0.29, 0.717) is 12.0 Å². The lowest BCUT2D eigenvalue weighted by molar-refractivity contribution is -0.144. The Morgan fingerprint density at radius 2 is 1.58 bits per heavy atom. The van der Waals surface area contributed by atoms with Crippen LogP contribution in [0.2, 0.25) is 0 Å². The average Bonchev–Trinajstić information content (AvgIpc) is 3.20. The third-order valence-corrected chi connectivity index (χ3v) is 10.6. The summed E-state index contributed by atoms with van der Waals surface area (Å²) in [4.78, 5) is 53.2. The number of imide groups is 2. The van der Waals surface area contributed by atoms with E-state index < -0.39 is 45.2 Å². The van der Waals surface area contributed by atoms with Crippen molar-refractivity contribution < 1.29 is 24.3 Å². The molecule has 2 aliphatic heterocycles. The molecule has 1 aromatic carbocycles. The summed E-state index contributed by atoms with van der Waals surface area (Å²) in [5, 5.41) is 9.88. The summed E-state index contributed by atoms with van der Waals surface area (Å²) in [5.41, 5.74) is 1.40. The second-order valence-electron chi connectivity index (χ2n) is 10.9. The second-order valence-corrected chi connectivity index (χ2v) is 12.2. The van der Waals surface area contributed by atoms with Crippen LogP contribution in [-0.2, 0) is 19.2 Å². The Hall–Kier alpha value is -2.38. The molecular formula is C27H28Cl2N2O5. The highest BCUT2D eigenvalue weighted by Crippen LogP contribution is 2.65. The molecule has 2 saturated carbocycles. The molecule has 0 aromatic heterocycles. The summed E-state index contributed by atoms with van der Waals surface area (Å²) < 4.78 is 0. The van der Waals surface area contributed by atoms with Crippen LogP contribution in [0.5, 0.6) is 5.75 Å². The molecule has 0 bridgehead atoms. The molecule has 0 spiro atoms. The van der Waals surface area contributed by atoms with Gasteiger partial charge in [-0.3, -0.25) is 29.0 Å². The van der Waals surface area contributed by atoms with Crippen LogP contribution >= 0.6 is 23.2 Å². The first-order valence-electron chi connectivity index (χ1n) is 12.7. The van der Waals surface area contributed by atoms with Crippen LogP contribution in [0.25, 0.3) is 0 Å². The summed E-state index contributed by atoms with van der Waals surface area (Å²) >= 11 is 14.2. The molecule has 6 rings (SSSR count). The molecule has 4 amide bonds. The van der Waals surface area contributed by atoms with E-state index >= 15 is 0 Å². The van der Waals surface area contributed by atoms with Gasteiger partial charge < -0.3 is 5.11 Å². The van der Waals surface area contributed by atoms with Crippen LogP contribution in [0, 0.1) is 17.8 Å². The molecule has 0 unspecified atom stereocenters. The number of benzene rings is 1. The average molecular weight is 531 g/mol. The highest BCUT2D eigenvalue weighted by Gasteiger charge is 2.75. The van der Waals surface area contributed by atoms with Gasteiger partial charge in [-0.1, -0.05) is 43.0 Å². The van der Waals surface area contributed by atoms with E-state index in [9.17, 15) is 24.3 Å². The van der Waals surface area contributed by atoms with Crippen LogP contribution < -0.4 is 0 Å². The first-order chi connectivity index (χ1) is 17.1. The fraction of sp³-hybridized carbons (Fsp3) is 0.556. The number of phenols is 1. The molecule has 7 nitrogen and oxygen atoms in total. The molecule has 2 heterocycles. The Labute approximate surface area is 219 Å². The van der Waals surface area contributed by atoms with Gasteiger partial charge >= 0.3 is 0 Å². The normalized spacial score (nSPS) is 38.7. The smallest absolute Gasteiger partial charge is 0.253 e. The number of carbonyl (C=O) groups excluding carboxylic acids is 4. The number of hydrogen-bond donors (Lipinski definition) is 1. The highest BCUT2D eigenvalue weighted by atomic mass is 35.5. The van der Waals surface area contributed by atoms with Gasteiger partial charge in [0.05, 0.1) is 11.8 Å². The summed E-state index contributed by atoms with van der Waals surface area (Å²) in [5.74, 6) is -3.86. The maximum atomic E-state index is 13.9. The SMILES string of the molecule is CN1C(=O)[C@]2(Cl)C[C@@H]3C(=CC[C@@H]4C(=O)N(C5CCCCC5)C(=O)[C@@H]43)[C@H](c3ccc(O)cc3)[C@]2(Cl)C1=O. The maximum Gasteiger partial charge on any atom is 0.253 e. The van der Waals surface area contributed by atoms with Gasteiger partial charge in [0, 0.05) is 19.0 Å². The molecule has 6 atom stereocenters. The number of phenolic OH excluding ortho intramolecular Hbond substituents is 1. The Balaban J connectivity index is 1.48. The molecule has 3 aliphatic carbocycles. The van der Waals surface area contributed by atoms with Gasteiger partial charge in [-0.05, 0) is 49.3 Å². The van der Waals surface area contributed by atoms with E-state index in [-0.39, 0.29) is 30.0 Å². The minimum atomic E-state index is -1.79. The van der Waals surface area contributed by atoms with Crippen molar-refractivity contribution >= 4 is 46.8 Å². The second kappa shape index (κ2) is 8.06. The Morgan fingerprint density at radius 1 is 0.917 bits per heavy atom. The molecule has 9 heteroatoms. The van der Waals surface area contributed by atoms with E-state index in [1.807, 2.05) is 6.08 Å². The first-order valence-corrected chi connectivity index (χ1v) is 13.4. The number of nitrogens with zero attached hydrogens (tertiary/aromatic N) is 2. The van der Waals surface area contributed by atoms with Gasteiger partial charge in [0.1, 0.15) is 5.75 Å². The van der Waals surface area contributed by atoms with Crippen molar-refractivity contribution in [1.29, 1.82) is 0 Å². The van der Waals surface area contributed by atoms with Gasteiger partial charge in [0.15, 0.2) is 9.75 Å².